The van der Waals surface area contributed by atoms with E-state index in [4.69, 9.17) is 16.3 Å². The van der Waals surface area contributed by atoms with Crippen LogP contribution in [0.2, 0.25) is 4.34 Å². The number of ether oxygens (including phenoxy) is 1. The highest BCUT2D eigenvalue weighted by atomic mass is 35.5. The van der Waals surface area contributed by atoms with Crippen LogP contribution in [0.4, 0.5) is 4.79 Å². The van der Waals surface area contributed by atoms with Gasteiger partial charge < -0.3 is 14.5 Å². The van der Waals surface area contributed by atoms with Gasteiger partial charge in [0.1, 0.15) is 0 Å². The normalized spacial score (nSPS) is 15.9. The van der Waals surface area contributed by atoms with Crippen molar-refractivity contribution in [1.29, 1.82) is 0 Å². The minimum atomic E-state index is -0.305. The van der Waals surface area contributed by atoms with Crippen LogP contribution in [-0.4, -0.2) is 54.6 Å². The lowest BCUT2D eigenvalue weighted by Gasteiger charge is -2.21. The summed E-state index contributed by atoms with van der Waals surface area (Å²) in [5.74, 6) is -0.0207. The van der Waals surface area contributed by atoms with E-state index in [9.17, 15) is 9.59 Å². The van der Waals surface area contributed by atoms with Gasteiger partial charge in [0.2, 0.25) is 0 Å². The van der Waals surface area contributed by atoms with Gasteiger partial charge in [-0.15, -0.1) is 11.3 Å². The third-order valence-corrected chi connectivity index (χ3v) is 4.31. The molecule has 110 valence electrons. The van der Waals surface area contributed by atoms with E-state index in [0.717, 1.165) is 6.42 Å². The first-order chi connectivity index (χ1) is 9.61. The summed E-state index contributed by atoms with van der Waals surface area (Å²) < 4.78 is 5.60. The standard InChI is InChI=1S/C13H17ClN2O3S/c1-2-19-13(18)16-7-3-6-15(8-9-16)12(17)10-4-5-11(14)20-10/h4-5H,2-3,6-9H2,1H3. The number of halogens is 1. The Kier molecular flexibility index (Phi) is 5.25. The van der Waals surface area contributed by atoms with E-state index in [1.54, 1.807) is 28.9 Å². The van der Waals surface area contributed by atoms with Gasteiger partial charge in [0.15, 0.2) is 0 Å². The molecule has 0 aromatic carbocycles. The van der Waals surface area contributed by atoms with Crippen LogP contribution in [0.15, 0.2) is 12.1 Å². The lowest BCUT2D eigenvalue weighted by molar-refractivity contribution is 0.0758. The van der Waals surface area contributed by atoms with Gasteiger partial charge in [0, 0.05) is 26.2 Å². The summed E-state index contributed by atoms with van der Waals surface area (Å²) in [5, 5.41) is 0. The monoisotopic (exact) mass is 316 g/mol. The molecule has 1 aliphatic heterocycles. The summed E-state index contributed by atoms with van der Waals surface area (Å²) in [4.78, 5) is 28.1. The molecule has 7 heteroatoms. The Hall–Kier alpha value is -1.27. The summed E-state index contributed by atoms with van der Waals surface area (Å²) in [6, 6.07) is 3.46. The summed E-state index contributed by atoms with van der Waals surface area (Å²) >= 11 is 7.13. The molecular formula is C13H17ClN2O3S. The van der Waals surface area contributed by atoms with Crippen molar-refractivity contribution in [2.75, 3.05) is 32.8 Å². The molecule has 20 heavy (non-hydrogen) atoms. The van der Waals surface area contributed by atoms with Crippen LogP contribution < -0.4 is 0 Å². The van der Waals surface area contributed by atoms with Crippen molar-refractivity contribution in [2.24, 2.45) is 0 Å². The van der Waals surface area contributed by atoms with Gasteiger partial charge in [-0.2, -0.15) is 0 Å². The SMILES string of the molecule is CCOC(=O)N1CCCN(C(=O)c2ccc(Cl)s2)CC1. The molecule has 2 amide bonds. The molecule has 1 aliphatic rings. The largest absolute Gasteiger partial charge is 0.450 e. The van der Waals surface area contributed by atoms with Gasteiger partial charge in [0.25, 0.3) is 5.91 Å². The average Bonchev–Trinajstić information content (AvgIpc) is 2.72. The van der Waals surface area contributed by atoms with Crippen LogP contribution in [0, 0.1) is 0 Å². The number of nitrogens with zero attached hydrogens (tertiary/aromatic N) is 2. The summed E-state index contributed by atoms with van der Waals surface area (Å²) in [6.45, 7) is 4.44. The zero-order valence-electron chi connectivity index (χ0n) is 11.3. The molecule has 0 aliphatic carbocycles. The third-order valence-electron chi connectivity index (χ3n) is 3.09. The van der Waals surface area contributed by atoms with E-state index >= 15 is 0 Å². The molecule has 1 saturated heterocycles. The van der Waals surface area contributed by atoms with Crippen LogP contribution >= 0.6 is 22.9 Å². The first-order valence-electron chi connectivity index (χ1n) is 6.58. The Bertz CT molecular complexity index is 492. The molecule has 2 heterocycles. The van der Waals surface area contributed by atoms with E-state index in [2.05, 4.69) is 0 Å². The maximum absolute atomic E-state index is 12.3. The molecular weight excluding hydrogens is 300 g/mol. The van der Waals surface area contributed by atoms with Crippen LogP contribution in [0.25, 0.3) is 0 Å². The van der Waals surface area contributed by atoms with Crippen molar-refractivity contribution in [3.8, 4) is 0 Å². The smallest absolute Gasteiger partial charge is 0.409 e. The number of hydrogen-bond donors (Lipinski definition) is 0. The molecule has 0 saturated carbocycles. The van der Waals surface area contributed by atoms with Gasteiger partial charge in [-0.25, -0.2) is 4.79 Å². The third kappa shape index (κ3) is 3.64. The molecule has 1 aromatic rings. The fourth-order valence-electron chi connectivity index (χ4n) is 2.10. The Balaban J connectivity index is 1.95. The predicted molar refractivity (Wildman–Crippen MR) is 78.4 cm³/mol. The van der Waals surface area contributed by atoms with Crippen LogP contribution in [0.1, 0.15) is 23.0 Å². The van der Waals surface area contributed by atoms with Crippen LogP contribution in [0.3, 0.4) is 0 Å². The molecule has 0 spiro atoms. The molecule has 1 fully saturated rings. The first-order valence-corrected chi connectivity index (χ1v) is 7.77. The lowest BCUT2D eigenvalue weighted by atomic mass is 10.3. The summed E-state index contributed by atoms with van der Waals surface area (Å²) in [7, 11) is 0. The molecule has 0 radical (unpaired) electrons. The highest BCUT2D eigenvalue weighted by Crippen LogP contribution is 2.23. The van der Waals surface area contributed by atoms with Gasteiger partial charge in [-0.1, -0.05) is 11.6 Å². The molecule has 0 N–H and O–H groups in total. The number of amides is 2. The molecule has 1 aromatic heterocycles. The maximum Gasteiger partial charge on any atom is 0.409 e. The highest BCUT2D eigenvalue weighted by Gasteiger charge is 2.24. The molecule has 0 unspecified atom stereocenters. The number of thiophene rings is 1. The second-order valence-electron chi connectivity index (χ2n) is 4.44. The number of rotatable bonds is 2. The van der Waals surface area contributed by atoms with Gasteiger partial charge in [-0.05, 0) is 25.5 Å². The Morgan fingerprint density at radius 1 is 1.25 bits per heavy atom. The van der Waals surface area contributed by atoms with Crippen LogP contribution in [0.5, 0.6) is 0 Å². The zero-order valence-corrected chi connectivity index (χ0v) is 12.9. The zero-order chi connectivity index (χ0) is 14.5. The van der Waals surface area contributed by atoms with Crippen molar-refractivity contribution >= 4 is 34.9 Å². The number of carbonyl (C=O) groups is 2. The molecule has 2 rings (SSSR count). The maximum atomic E-state index is 12.3. The van der Waals surface area contributed by atoms with E-state index in [0.29, 0.717) is 42.0 Å². The Labute approximate surface area is 127 Å². The summed E-state index contributed by atoms with van der Waals surface area (Å²) in [6.07, 6.45) is 0.449. The number of carbonyl (C=O) groups excluding carboxylic acids is 2. The Morgan fingerprint density at radius 2 is 1.95 bits per heavy atom. The van der Waals surface area contributed by atoms with E-state index in [1.165, 1.54) is 11.3 Å². The highest BCUT2D eigenvalue weighted by molar-refractivity contribution is 7.17. The minimum absolute atomic E-state index is 0.0207. The second-order valence-corrected chi connectivity index (χ2v) is 6.15. The van der Waals surface area contributed by atoms with Crippen molar-refractivity contribution < 1.29 is 14.3 Å². The molecule has 0 atom stereocenters. The lowest BCUT2D eigenvalue weighted by Crippen LogP contribution is -2.37. The van der Waals surface area contributed by atoms with E-state index < -0.39 is 0 Å². The van der Waals surface area contributed by atoms with Gasteiger partial charge >= 0.3 is 6.09 Å². The van der Waals surface area contributed by atoms with Crippen LogP contribution in [-0.2, 0) is 4.74 Å². The minimum Gasteiger partial charge on any atom is -0.450 e. The van der Waals surface area contributed by atoms with E-state index in [1.807, 2.05) is 0 Å². The average molecular weight is 317 g/mol. The van der Waals surface area contributed by atoms with Crippen molar-refractivity contribution in [2.45, 2.75) is 13.3 Å². The van der Waals surface area contributed by atoms with Crippen molar-refractivity contribution in [3.05, 3.63) is 21.3 Å². The predicted octanol–water partition coefficient (Wildman–Crippen LogP) is 2.71. The first kappa shape index (κ1) is 15.1. The quantitative estimate of drug-likeness (QED) is 0.843. The van der Waals surface area contributed by atoms with Crippen molar-refractivity contribution in [1.82, 2.24) is 9.80 Å². The molecule has 0 bridgehead atoms. The topological polar surface area (TPSA) is 49.9 Å². The number of hydrogen-bond acceptors (Lipinski definition) is 4. The van der Waals surface area contributed by atoms with Crippen molar-refractivity contribution in [3.63, 3.8) is 0 Å². The second kappa shape index (κ2) is 6.95. The summed E-state index contributed by atoms with van der Waals surface area (Å²) in [5.41, 5.74) is 0. The van der Waals surface area contributed by atoms with Gasteiger partial charge in [-0.3, -0.25) is 4.79 Å². The fourth-order valence-corrected chi connectivity index (χ4v) is 3.11. The molecule has 5 nitrogen and oxygen atoms in total. The fraction of sp³-hybridized carbons (Fsp3) is 0.538. The van der Waals surface area contributed by atoms with E-state index in [-0.39, 0.29) is 12.0 Å². The Morgan fingerprint density at radius 3 is 2.60 bits per heavy atom. The van der Waals surface area contributed by atoms with Gasteiger partial charge in [0.05, 0.1) is 15.8 Å².